The van der Waals surface area contributed by atoms with E-state index in [2.05, 4.69) is 64.1 Å². The lowest BCUT2D eigenvalue weighted by Gasteiger charge is -2.09. The van der Waals surface area contributed by atoms with Crippen LogP contribution in [-0.4, -0.2) is 0 Å². The lowest BCUT2D eigenvalue weighted by Crippen LogP contribution is -1.87. The molecule has 22 heavy (non-hydrogen) atoms. The largest absolute Gasteiger partial charge is 0.0683 e. The maximum Gasteiger partial charge on any atom is -0.0152 e. The van der Waals surface area contributed by atoms with Gasteiger partial charge in [0.1, 0.15) is 0 Å². The maximum absolute atomic E-state index is 2.27. The Hall–Kier alpha value is -1.56. The number of benzene rings is 2. The van der Waals surface area contributed by atoms with Gasteiger partial charge in [0, 0.05) is 0 Å². The molecule has 0 heterocycles. The third kappa shape index (κ3) is 6.93. The molecule has 0 spiro atoms. The summed E-state index contributed by atoms with van der Waals surface area (Å²) in [5.41, 5.74) is 8.05. The van der Waals surface area contributed by atoms with Crippen molar-refractivity contribution in [3.8, 4) is 11.1 Å². The molecule has 0 unspecified atom stereocenters. The Kier molecular flexibility index (Phi) is 13.6. The first-order valence-electron chi connectivity index (χ1n) is 8.73. The van der Waals surface area contributed by atoms with Gasteiger partial charge >= 0.3 is 0 Å². The van der Waals surface area contributed by atoms with E-state index in [0.29, 0.717) is 0 Å². The SMILES string of the molecule is CC.CC.CC.Cc1ccc(C)c(-c2ccc(C)c(C)c2)c1. The molecule has 0 aliphatic heterocycles. The van der Waals surface area contributed by atoms with Crippen molar-refractivity contribution >= 4 is 0 Å². The summed E-state index contributed by atoms with van der Waals surface area (Å²) >= 11 is 0. The van der Waals surface area contributed by atoms with Crippen LogP contribution in [0.4, 0.5) is 0 Å². The van der Waals surface area contributed by atoms with Crippen molar-refractivity contribution in [2.45, 2.75) is 69.2 Å². The fourth-order valence-electron chi connectivity index (χ4n) is 1.96. The molecule has 0 saturated carbocycles. The summed E-state index contributed by atoms with van der Waals surface area (Å²) in [6, 6.07) is 13.3. The number of aryl methyl sites for hydroxylation is 4. The molecule has 0 heteroatoms. The summed E-state index contributed by atoms with van der Waals surface area (Å²) in [6.45, 7) is 20.6. The molecule has 124 valence electrons. The molecule has 0 atom stereocenters. The van der Waals surface area contributed by atoms with Gasteiger partial charge in [0.15, 0.2) is 0 Å². The van der Waals surface area contributed by atoms with Crippen LogP contribution in [0.2, 0.25) is 0 Å². The van der Waals surface area contributed by atoms with Gasteiger partial charge in [-0.25, -0.2) is 0 Å². The summed E-state index contributed by atoms with van der Waals surface area (Å²) in [5.74, 6) is 0. The molecule has 0 N–H and O–H groups in total. The van der Waals surface area contributed by atoms with Crippen LogP contribution in [0, 0.1) is 27.7 Å². The van der Waals surface area contributed by atoms with Crippen molar-refractivity contribution in [1.82, 2.24) is 0 Å². The van der Waals surface area contributed by atoms with Gasteiger partial charge in [0.05, 0.1) is 0 Å². The van der Waals surface area contributed by atoms with Crippen molar-refractivity contribution in [3.63, 3.8) is 0 Å². The van der Waals surface area contributed by atoms with Crippen LogP contribution < -0.4 is 0 Å². The van der Waals surface area contributed by atoms with E-state index in [-0.39, 0.29) is 0 Å². The highest BCUT2D eigenvalue weighted by atomic mass is 14.1. The Morgan fingerprint density at radius 2 is 1.00 bits per heavy atom. The Bertz CT molecular complexity index is 522. The Balaban J connectivity index is 0. The topological polar surface area (TPSA) is 0 Å². The minimum absolute atomic E-state index is 1.32. The second kappa shape index (κ2) is 13.1. The molecular formula is C22H36. The first kappa shape index (κ1) is 22.7. The summed E-state index contributed by atoms with van der Waals surface area (Å²) in [7, 11) is 0. The first-order chi connectivity index (χ1) is 10.6. The average molecular weight is 301 g/mol. The second-order valence-corrected chi connectivity index (χ2v) is 4.62. The monoisotopic (exact) mass is 300 g/mol. The molecule has 0 aromatic heterocycles. The van der Waals surface area contributed by atoms with E-state index in [0.717, 1.165) is 0 Å². The summed E-state index contributed by atoms with van der Waals surface area (Å²) in [4.78, 5) is 0. The molecule has 0 amide bonds. The third-order valence-electron chi connectivity index (χ3n) is 3.21. The van der Waals surface area contributed by atoms with E-state index in [4.69, 9.17) is 0 Å². The lowest BCUT2D eigenvalue weighted by atomic mass is 9.96. The quantitative estimate of drug-likeness (QED) is 0.507. The highest BCUT2D eigenvalue weighted by Crippen LogP contribution is 2.26. The molecule has 2 aromatic carbocycles. The predicted octanol–water partition coefficient (Wildman–Crippen LogP) is 7.67. The molecule has 0 saturated heterocycles. The van der Waals surface area contributed by atoms with Gasteiger partial charge in [-0.3, -0.25) is 0 Å². The predicted molar refractivity (Wildman–Crippen MR) is 105 cm³/mol. The number of hydrogen-bond donors (Lipinski definition) is 0. The van der Waals surface area contributed by atoms with E-state index in [9.17, 15) is 0 Å². The van der Waals surface area contributed by atoms with Gasteiger partial charge in [-0.05, 0) is 55.5 Å². The van der Waals surface area contributed by atoms with Gasteiger partial charge < -0.3 is 0 Å². The van der Waals surface area contributed by atoms with Crippen LogP contribution in [0.3, 0.4) is 0 Å². The lowest BCUT2D eigenvalue weighted by molar-refractivity contribution is 1.33. The van der Waals surface area contributed by atoms with Gasteiger partial charge in [-0.2, -0.15) is 0 Å². The van der Waals surface area contributed by atoms with E-state index in [1.165, 1.54) is 33.4 Å². The molecule has 0 nitrogen and oxygen atoms in total. The van der Waals surface area contributed by atoms with Gasteiger partial charge in [-0.15, -0.1) is 0 Å². The first-order valence-corrected chi connectivity index (χ1v) is 8.73. The molecule has 2 rings (SSSR count). The fourth-order valence-corrected chi connectivity index (χ4v) is 1.96. The van der Waals surface area contributed by atoms with Crippen LogP contribution in [0.15, 0.2) is 36.4 Å². The van der Waals surface area contributed by atoms with Gasteiger partial charge in [0.2, 0.25) is 0 Å². The zero-order valence-corrected chi connectivity index (χ0v) is 16.5. The van der Waals surface area contributed by atoms with Crippen LogP contribution in [-0.2, 0) is 0 Å². The van der Waals surface area contributed by atoms with E-state index < -0.39 is 0 Å². The number of rotatable bonds is 1. The van der Waals surface area contributed by atoms with Crippen molar-refractivity contribution in [2.75, 3.05) is 0 Å². The third-order valence-corrected chi connectivity index (χ3v) is 3.21. The minimum atomic E-state index is 1.32. The summed E-state index contributed by atoms with van der Waals surface area (Å²) in [6.07, 6.45) is 0. The highest BCUT2D eigenvalue weighted by molar-refractivity contribution is 5.69. The van der Waals surface area contributed by atoms with Crippen molar-refractivity contribution in [3.05, 3.63) is 58.7 Å². The van der Waals surface area contributed by atoms with Crippen molar-refractivity contribution in [2.24, 2.45) is 0 Å². The van der Waals surface area contributed by atoms with Crippen molar-refractivity contribution < 1.29 is 0 Å². The number of hydrogen-bond acceptors (Lipinski definition) is 0. The van der Waals surface area contributed by atoms with Gasteiger partial charge in [0.25, 0.3) is 0 Å². The second-order valence-electron chi connectivity index (χ2n) is 4.62. The normalized spacial score (nSPS) is 8.45. The molecular weight excluding hydrogens is 264 g/mol. The standard InChI is InChI=1S/C16H18.3C2H6/c1-11-5-6-13(3)16(9-11)15-8-7-12(2)14(4)10-15;3*1-2/h5-10H,1-4H3;3*1-2H3. The Morgan fingerprint density at radius 3 is 1.50 bits per heavy atom. The molecule has 2 aromatic rings. The smallest absolute Gasteiger partial charge is 0.0152 e. The zero-order chi connectivity index (χ0) is 17.7. The maximum atomic E-state index is 2.27. The van der Waals surface area contributed by atoms with Crippen LogP contribution in [0.25, 0.3) is 11.1 Å². The highest BCUT2D eigenvalue weighted by Gasteiger charge is 2.03. The van der Waals surface area contributed by atoms with E-state index in [1.54, 1.807) is 0 Å². The molecule has 0 radical (unpaired) electrons. The van der Waals surface area contributed by atoms with Crippen LogP contribution in [0.1, 0.15) is 63.8 Å². The molecule has 0 aliphatic carbocycles. The van der Waals surface area contributed by atoms with Crippen LogP contribution >= 0.6 is 0 Å². The Labute approximate surface area is 139 Å². The fraction of sp³-hybridized carbons (Fsp3) is 0.455. The average Bonchev–Trinajstić information content (AvgIpc) is 2.58. The molecule has 0 fully saturated rings. The van der Waals surface area contributed by atoms with Crippen LogP contribution in [0.5, 0.6) is 0 Å². The Morgan fingerprint density at radius 1 is 0.500 bits per heavy atom. The van der Waals surface area contributed by atoms with Gasteiger partial charge in [-0.1, -0.05) is 83.5 Å². The summed E-state index contributed by atoms with van der Waals surface area (Å²) < 4.78 is 0. The van der Waals surface area contributed by atoms with E-state index >= 15 is 0 Å². The minimum Gasteiger partial charge on any atom is -0.0683 e. The molecule has 0 aliphatic rings. The van der Waals surface area contributed by atoms with E-state index in [1.807, 2.05) is 41.5 Å². The summed E-state index contributed by atoms with van der Waals surface area (Å²) in [5, 5.41) is 0. The zero-order valence-electron chi connectivity index (χ0n) is 16.5. The molecule has 0 bridgehead atoms. The van der Waals surface area contributed by atoms with Crippen molar-refractivity contribution in [1.29, 1.82) is 0 Å².